The Hall–Kier alpha value is -3.19. The first-order valence-corrected chi connectivity index (χ1v) is 10.2. The lowest BCUT2D eigenvalue weighted by Crippen LogP contribution is -2.52. The van der Waals surface area contributed by atoms with Crippen molar-refractivity contribution in [2.24, 2.45) is 0 Å². The molecule has 3 aliphatic rings. The van der Waals surface area contributed by atoms with Crippen molar-refractivity contribution in [3.8, 4) is 0 Å². The Morgan fingerprint density at radius 3 is 2.67 bits per heavy atom. The van der Waals surface area contributed by atoms with Crippen LogP contribution in [0.1, 0.15) is 44.7 Å². The number of hydrogen-bond acceptors (Lipinski definition) is 4. The predicted molar refractivity (Wildman–Crippen MR) is 109 cm³/mol. The second-order valence-electron chi connectivity index (χ2n) is 7.75. The molecule has 152 valence electrons. The fraction of sp³-hybridized carbons (Fsp3) is 0.273. The standard InChI is InChI=1S/C22H18ClN3O4/c23-15-3-1-12-7-8-25(18(12)10-15)21(29)13-2-4-16-14(9-13)11-26(22(16)30)17-5-6-19(27)24-20(17)28/h1-4,9-10,17H,5-8,11H2,(H,24,27,28). The van der Waals surface area contributed by atoms with Gasteiger partial charge in [0.05, 0.1) is 0 Å². The number of fused-ring (bicyclic) bond motifs is 2. The molecule has 30 heavy (non-hydrogen) atoms. The molecule has 5 rings (SSSR count). The molecule has 3 heterocycles. The van der Waals surface area contributed by atoms with Gasteiger partial charge in [-0.25, -0.2) is 0 Å². The van der Waals surface area contributed by atoms with Crippen molar-refractivity contribution >= 4 is 40.9 Å². The Morgan fingerprint density at radius 2 is 1.87 bits per heavy atom. The van der Waals surface area contributed by atoms with Crippen molar-refractivity contribution in [2.45, 2.75) is 31.8 Å². The summed E-state index contributed by atoms with van der Waals surface area (Å²) in [6, 6.07) is 9.90. The van der Waals surface area contributed by atoms with Crippen LogP contribution in [0.4, 0.5) is 5.69 Å². The first kappa shape index (κ1) is 18.8. The first-order valence-electron chi connectivity index (χ1n) is 9.80. The molecule has 4 amide bonds. The number of nitrogens with one attached hydrogen (secondary N) is 1. The number of imide groups is 1. The Kier molecular flexibility index (Phi) is 4.36. The molecule has 1 unspecified atom stereocenters. The monoisotopic (exact) mass is 423 g/mol. The fourth-order valence-electron chi connectivity index (χ4n) is 4.43. The van der Waals surface area contributed by atoms with E-state index in [1.807, 2.05) is 12.1 Å². The molecule has 3 aliphatic heterocycles. The van der Waals surface area contributed by atoms with Gasteiger partial charge in [0.15, 0.2) is 0 Å². The van der Waals surface area contributed by atoms with Crippen LogP contribution in [0.3, 0.4) is 0 Å². The summed E-state index contributed by atoms with van der Waals surface area (Å²) in [5.41, 5.74) is 3.57. The number of carbonyl (C=O) groups is 4. The van der Waals surface area contributed by atoms with Gasteiger partial charge >= 0.3 is 0 Å². The molecule has 2 aromatic rings. The molecule has 1 saturated heterocycles. The van der Waals surface area contributed by atoms with E-state index in [2.05, 4.69) is 5.32 Å². The van der Waals surface area contributed by atoms with Gasteiger partial charge in [-0.1, -0.05) is 17.7 Å². The van der Waals surface area contributed by atoms with Gasteiger partial charge in [-0.2, -0.15) is 0 Å². The van der Waals surface area contributed by atoms with E-state index in [9.17, 15) is 19.2 Å². The lowest BCUT2D eigenvalue weighted by Gasteiger charge is -2.29. The molecule has 0 bridgehead atoms. The molecule has 2 aromatic carbocycles. The number of nitrogens with zero attached hydrogens (tertiary/aromatic N) is 2. The van der Waals surface area contributed by atoms with Gasteiger partial charge in [0, 0.05) is 41.3 Å². The fourth-order valence-corrected chi connectivity index (χ4v) is 4.59. The number of anilines is 1. The Labute approximate surface area is 177 Å². The van der Waals surface area contributed by atoms with E-state index in [0.717, 1.165) is 17.7 Å². The summed E-state index contributed by atoms with van der Waals surface area (Å²) >= 11 is 6.11. The average Bonchev–Trinajstić information content (AvgIpc) is 3.28. The summed E-state index contributed by atoms with van der Waals surface area (Å²) in [4.78, 5) is 52.7. The molecule has 0 spiro atoms. The topological polar surface area (TPSA) is 86.8 Å². The summed E-state index contributed by atoms with van der Waals surface area (Å²) in [6.07, 6.45) is 1.28. The molecule has 0 aliphatic carbocycles. The quantitative estimate of drug-likeness (QED) is 0.751. The van der Waals surface area contributed by atoms with E-state index in [-0.39, 0.29) is 30.7 Å². The van der Waals surface area contributed by atoms with E-state index in [4.69, 9.17) is 11.6 Å². The Morgan fingerprint density at radius 1 is 1.03 bits per heavy atom. The summed E-state index contributed by atoms with van der Waals surface area (Å²) in [5, 5.41) is 2.87. The zero-order valence-corrected chi connectivity index (χ0v) is 16.7. The van der Waals surface area contributed by atoms with Crippen LogP contribution in [-0.4, -0.2) is 41.1 Å². The van der Waals surface area contributed by atoms with E-state index in [1.54, 1.807) is 29.2 Å². The van der Waals surface area contributed by atoms with Crippen LogP contribution in [0.2, 0.25) is 5.02 Å². The van der Waals surface area contributed by atoms with Crippen LogP contribution < -0.4 is 10.2 Å². The van der Waals surface area contributed by atoms with Gasteiger partial charge in [0.25, 0.3) is 11.8 Å². The molecular formula is C22H18ClN3O4. The lowest BCUT2D eigenvalue weighted by molar-refractivity contribution is -0.136. The van der Waals surface area contributed by atoms with Crippen LogP contribution in [0, 0.1) is 0 Å². The smallest absolute Gasteiger partial charge is 0.258 e. The van der Waals surface area contributed by atoms with Crippen LogP contribution in [0.5, 0.6) is 0 Å². The zero-order chi connectivity index (χ0) is 21.0. The molecule has 1 fully saturated rings. The summed E-state index contributed by atoms with van der Waals surface area (Å²) in [5.74, 6) is -1.17. The lowest BCUT2D eigenvalue weighted by atomic mass is 10.0. The van der Waals surface area contributed by atoms with Gasteiger partial charge in [-0.15, -0.1) is 0 Å². The third-order valence-corrected chi connectivity index (χ3v) is 6.19. The van der Waals surface area contributed by atoms with Crippen molar-refractivity contribution in [2.75, 3.05) is 11.4 Å². The summed E-state index contributed by atoms with van der Waals surface area (Å²) in [7, 11) is 0. The predicted octanol–water partition coefficient (Wildman–Crippen LogP) is 2.30. The van der Waals surface area contributed by atoms with Gasteiger partial charge in [0.2, 0.25) is 11.8 Å². The number of piperidine rings is 1. The van der Waals surface area contributed by atoms with Crippen molar-refractivity contribution in [3.63, 3.8) is 0 Å². The second kappa shape index (κ2) is 6.95. The molecule has 8 heteroatoms. The summed E-state index contributed by atoms with van der Waals surface area (Å²) < 4.78 is 0. The summed E-state index contributed by atoms with van der Waals surface area (Å²) in [6.45, 7) is 0.816. The van der Waals surface area contributed by atoms with Crippen molar-refractivity contribution < 1.29 is 19.2 Å². The van der Waals surface area contributed by atoms with E-state index >= 15 is 0 Å². The molecule has 0 saturated carbocycles. The molecule has 1 atom stereocenters. The minimum atomic E-state index is -0.672. The third-order valence-electron chi connectivity index (χ3n) is 5.96. The normalized spacial score (nSPS) is 20.3. The maximum Gasteiger partial charge on any atom is 0.258 e. The highest BCUT2D eigenvalue weighted by Gasteiger charge is 2.39. The number of carbonyl (C=O) groups excluding carboxylic acids is 4. The Balaban J connectivity index is 1.40. The second-order valence-corrected chi connectivity index (χ2v) is 8.19. The van der Waals surface area contributed by atoms with Crippen molar-refractivity contribution in [1.29, 1.82) is 0 Å². The number of rotatable bonds is 2. The van der Waals surface area contributed by atoms with E-state index in [1.165, 1.54) is 4.90 Å². The molecule has 0 radical (unpaired) electrons. The van der Waals surface area contributed by atoms with Crippen LogP contribution in [-0.2, 0) is 22.6 Å². The van der Waals surface area contributed by atoms with Crippen LogP contribution in [0.25, 0.3) is 0 Å². The maximum absolute atomic E-state index is 13.2. The molecule has 7 nitrogen and oxygen atoms in total. The van der Waals surface area contributed by atoms with Crippen molar-refractivity contribution in [1.82, 2.24) is 10.2 Å². The van der Waals surface area contributed by atoms with E-state index in [0.29, 0.717) is 34.7 Å². The maximum atomic E-state index is 13.2. The zero-order valence-electron chi connectivity index (χ0n) is 16.0. The Bertz CT molecular complexity index is 1130. The SMILES string of the molecule is O=C1CCC(N2Cc3cc(C(=O)N4CCc5ccc(Cl)cc54)ccc3C2=O)C(=O)N1. The van der Waals surface area contributed by atoms with Crippen LogP contribution in [0.15, 0.2) is 36.4 Å². The minimum Gasteiger partial charge on any atom is -0.322 e. The minimum absolute atomic E-state index is 0.147. The highest BCUT2D eigenvalue weighted by Crippen LogP contribution is 2.33. The van der Waals surface area contributed by atoms with Gasteiger partial charge in [-0.3, -0.25) is 24.5 Å². The molecule has 1 N–H and O–H groups in total. The number of halogens is 1. The third kappa shape index (κ3) is 2.97. The number of benzene rings is 2. The van der Waals surface area contributed by atoms with Crippen molar-refractivity contribution in [3.05, 3.63) is 63.7 Å². The highest BCUT2D eigenvalue weighted by atomic mass is 35.5. The largest absolute Gasteiger partial charge is 0.322 e. The highest BCUT2D eigenvalue weighted by molar-refractivity contribution is 6.31. The van der Waals surface area contributed by atoms with Gasteiger partial charge in [0.1, 0.15) is 6.04 Å². The number of hydrogen-bond donors (Lipinski definition) is 1. The number of amides is 4. The first-order chi connectivity index (χ1) is 14.4. The van der Waals surface area contributed by atoms with E-state index < -0.39 is 11.9 Å². The van der Waals surface area contributed by atoms with Gasteiger partial charge < -0.3 is 9.80 Å². The average molecular weight is 424 g/mol. The molecular weight excluding hydrogens is 406 g/mol. The molecule has 0 aromatic heterocycles. The van der Waals surface area contributed by atoms with Crippen LogP contribution >= 0.6 is 11.6 Å². The van der Waals surface area contributed by atoms with Gasteiger partial charge in [-0.05, 0) is 54.3 Å².